The normalized spacial score (nSPS) is 11.0. The van der Waals surface area contributed by atoms with Gasteiger partial charge in [0.2, 0.25) is 5.95 Å². The molecule has 4 aromatic heterocycles. The molecule has 0 atom stereocenters. The zero-order valence-electron chi connectivity index (χ0n) is 14.4. The highest BCUT2D eigenvalue weighted by atomic mass is 16.5. The van der Waals surface area contributed by atoms with Gasteiger partial charge in [0.05, 0.1) is 23.7 Å². The van der Waals surface area contributed by atoms with E-state index in [9.17, 15) is 4.79 Å². The molecule has 0 aliphatic heterocycles. The second kappa shape index (κ2) is 6.47. The summed E-state index contributed by atoms with van der Waals surface area (Å²) in [4.78, 5) is 24.4. The molecule has 0 radical (unpaired) electrons. The minimum absolute atomic E-state index is 0.420. The lowest BCUT2D eigenvalue weighted by Gasteiger charge is -2.06. The average Bonchev–Trinajstić information content (AvgIpc) is 3.35. The van der Waals surface area contributed by atoms with Crippen molar-refractivity contribution in [3.63, 3.8) is 0 Å². The van der Waals surface area contributed by atoms with Crippen LogP contribution < -0.4 is 10.9 Å². The molecule has 4 heterocycles. The number of nitrogens with one attached hydrogen (secondary N) is 2. The van der Waals surface area contributed by atoms with Crippen molar-refractivity contribution in [3.8, 4) is 22.5 Å². The molecule has 5 aromatic rings. The third-order valence-electron chi connectivity index (χ3n) is 4.17. The molecule has 9 heteroatoms. The molecule has 0 saturated carbocycles. The van der Waals surface area contributed by atoms with E-state index >= 15 is 0 Å². The molecule has 0 unspecified atom stereocenters. The van der Waals surface area contributed by atoms with Gasteiger partial charge >= 0.3 is 5.63 Å². The molecular weight excluding hydrogens is 358 g/mol. The summed E-state index contributed by atoms with van der Waals surface area (Å²) in [6.07, 6.45) is 6.87. The minimum Gasteiger partial charge on any atom is -0.339 e. The Labute approximate surface area is 157 Å². The van der Waals surface area contributed by atoms with Gasteiger partial charge in [0.1, 0.15) is 5.69 Å². The van der Waals surface area contributed by atoms with Crippen LogP contribution in [0.3, 0.4) is 0 Å². The van der Waals surface area contributed by atoms with E-state index in [4.69, 9.17) is 4.52 Å². The summed E-state index contributed by atoms with van der Waals surface area (Å²) in [6.45, 7) is 0. The summed E-state index contributed by atoms with van der Waals surface area (Å²) in [7, 11) is 0. The molecule has 5 rings (SSSR count). The first kappa shape index (κ1) is 15.9. The molecule has 0 aliphatic rings. The fourth-order valence-corrected chi connectivity index (χ4v) is 2.89. The maximum atomic E-state index is 11.3. The van der Waals surface area contributed by atoms with E-state index in [0.717, 1.165) is 16.8 Å². The van der Waals surface area contributed by atoms with Crippen molar-refractivity contribution in [2.24, 2.45) is 0 Å². The molecule has 0 aliphatic carbocycles. The lowest BCUT2D eigenvalue weighted by Crippen LogP contribution is -1.98. The van der Waals surface area contributed by atoms with E-state index < -0.39 is 5.63 Å². The van der Waals surface area contributed by atoms with Crippen LogP contribution in [0.25, 0.3) is 28.2 Å². The van der Waals surface area contributed by atoms with Crippen LogP contribution in [0.1, 0.15) is 0 Å². The number of rotatable bonds is 4. The second-order valence-corrected chi connectivity index (χ2v) is 6.00. The van der Waals surface area contributed by atoms with E-state index in [0.29, 0.717) is 23.0 Å². The van der Waals surface area contributed by atoms with E-state index in [-0.39, 0.29) is 0 Å². The molecule has 2 N–H and O–H groups in total. The van der Waals surface area contributed by atoms with E-state index in [1.54, 1.807) is 29.2 Å². The molecule has 0 saturated heterocycles. The van der Waals surface area contributed by atoms with Crippen LogP contribution >= 0.6 is 0 Å². The van der Waals surface area contributed by atoms with E-state index in [1.165, 1.54) is 6.07 Å². The van der Waals surface area contributed by atoms with Gasteiger partial charge in [-0.3, -0.25) is 0 Å². The molecule has 136 valence electrons. The lowest BCUT2D eigenvalue weighted by atomic mass is 10.1. The summed E-state index contributed by atoms with van der Waals surface area (Å²) in [5, 5.41) is 10.0. The summed E-state index contributed by atoms with van der Waals surface area (Å²) >= 11 is 0. The van der Waals surface area contributed by atoms with Gasteiger partial charge < -0.3 is 9.84 Å². The first-order chi connectivity index (χ1) is 13.8. The Hall–Kier alpha value is -4.27. The summed E-state index contributed by atoms with van der Waals surface area (Å²) in [6, 6.07) is 12.7. The molecule has 1 aromatic carbocycles. The highest BCUT2D eigenvalue weighted by Crippen LogP contribution is 2.25. The van der Waals surface area contributed by atoms with Crippen molar-refractivity contribution in [1.29, 1.82) is 0 Å². The first-order valence-corrected chi connectivity index (χ1v) is 8.44. The van der Waals surface area contributed by atoms with Crippen LogP contribution in [-0.2, 0) is 0 Å². The fraction of sp³-hybridized carbons (Fsp3) is 0. The number of hydrogen-bond acceptors (Lipinski definition) is 7. The number of nitrogens with zero attached hydrogens (tertiary/aromatic N) is 5. The quantitative estimate of drug-likeness (QED) is 0.499. The molecular formula is C19H13N7O2. The number of aromatic amines is 1. The van der Waals surface area contributed by atoms with Crippen LogP contribution in [0, 0.1) is 0 Å². The third kappa shape index (κ3) is 2.90. The Morgan fingerprint density at radius 3 is 2.86 bits per heavy atom. The van der Waals surface area contributed by atoms with Crippen molar-refractivity contribution in [2.75, 3.05) is 5.32 Å². The van der Waals surface area contributed by atoms with Gasteiger partial charge in [-0.2, -0.15) is 5.10 Å². The van der Waals surface area contributed by atoms with Crippen LogP contribution in [0.4, 0.5) is 11.6 Å². The largest absolute Gasteiger partial charge is 0.357 e. The molecule has 28 heavy (non-hydrogen) atoms. The topological polar surface area (TPSA) is 114 Å². The van der Waals surface area contributed by atoms with Gasteiger partial charge in [0, 0.05) is 29.7 Å². The standard InChI is InChI=1S/C19H13N7O2/c27-17-10-15(25-28-17)13-4-1-3-12(9-13)14-5-7-21-19(23-14)24-16-11-22-26-8-2-6-20-18(16)26/h1-11,25H,(H,21,23,24). The van der Waals surface area contributed by atoms with Crippen molar-refractivity contribution in [3.05, 3.63) is 77.7 Å². The van der Waals surface area contributed by atoms with Crippen LogP contribution in [0.15, 0.2) is 76.6 Å². The van der Waals surface area contributed by atoms with Crippen LogP contribution in [-0.4, -0.2) is 29.7 Å². The Morgan fingerprint density at radius 1 is 1.04 bits per heavy atom. The second-order valence-electron chi connectivity index (χ2n) is 6.00. The Kier molecular flexibility index (Phi) is 3.68. The summed E-state index contributed by atoms with van der Waals surface area (Å²) < 4.78 is 6.42. The number of benzene rings is 1. The molecule has 0 amide bonds. The Morgan fingerprint density at radius 2 is 1.96 bits per heavy atom. The number of H-pyrrole nitrogens is 1. The predicted octanol–water partition coefficient (Wildman–Crippen LogP) is 2.88. The molecule has 0 bridgehead atoms. The predicted molar refractivity (Wildman–Crippen MR) is 102 cm³/mol. The number of hydrogen-bond donors (Lipinski definition) is 2. The zero-order valence-corrected chi connectivity index (χ0v) is 14.4. The third-order valence-corrected chi connectivity index (χ3v) is 4.17. The molecule has 0 fully saturated rings. The van der Waals surface area contributed by atoms with Crippen molar-refractivity contribution >= 4 is 17.3 Å². The average molecular weight is 371 g/mol. The lowest BCUT2D eigenvalue weighted by molar-refractivity contribution is 0.394. The number of aromatic nitrogens is 6. The van der Waals surface area contributed by atoms with Crippen molar-refractivity contribution in [2.45, 2.75) is 0 Å². The van der Waals surface area contributed by atoms with E-state index in [1.807, 2.05) is 36.5 Å². The first-order valence-electron chi connectivity index (χ1n) is 8.44. The van der Waals surface area contributed by atoms with Crippen molar-refractivity contribution in [1.82, 2.24) is 29.7 Å². The highest BCUT2D eigenvalue weighted by Gasteiger charge is 2.09. The van der Waals surface area contributed by atoms with Gasteiger partial charge in [0.15, 0.2) is 5.65 Å². The monoisotopic (exact) mass is 371 g/mol. The van der Waals surface area contributed by atoms with Gasteiger partial charge in [0.25, 0.3) is 0 Å². The zero-order chi connectivity index (χ0) is 18.9. The smallest absolute Gasteiger partial charge is 0.339 e. The van der Waals surface area contributed by atoms with Crippen LogP contribution in [0.5, 0.6) is 0 Å². The number of anilines is 2. The van der Waals surface area contributed by atoms with Gasteiger partial charge in [-0.1, -0.05) is 18.2 Å². The van der Waals surface area contributed by atoms with E-state index in [2.05, 4.69) is 30.5 Å². The minimum atomic E-state index is -0.420. The van der Waals surface area contributed by atoms with Gasteiger partial charge in [-0.25, -0.2) is 29.4 Å². The molecule has 0 spiro atoms. The van der Waals surface area contributed by atoms with Gasteiger partial charge in [-0.15, -0.1) is 0 Å². The summed E-state index contributed by atoms with van der Waals surface area (Å²) in [5.74, 6) is 0.431. The van der Waals surface area contributed by atoms with Gasteiger partial charge in [-0.05, 0) is 18.2 Å². The maximum absolute atomic E-state index is 11.3. The molecule has 9 nitrogen and oxygen atoms in total. The highest BCUT2D eigenvalue weighted by molar-refractivity contribution is 5.72. The fourth-order valence-electron chi connectivity index (χ4n) is 2.89. The van der Waals surface area contributed by atoms with Crippen molar-refractivity contribution < 1.29 is 4.52 Å². The SMILES string of the molecule is O=c1cc(-c2cccc(-c3ccnc(Nc4cnn5cccnc45)n3)c2)[nH]o1. The van der Waals surface area contributed by atoms with Crippen LogP contribution in [0.2, 0.25) is 0 Å². The summed E-state index contributed by atoms with van der Waals surface area (Å²) in [5.41, 5.74) is 4.01. The Balaban J connectivity index is 1.48. The maximum Gasteiger partial charge on any atom is 0.357 e. The Bertz CT molecular complexity index is 1340. The number of fused-ring (bicyclic) bond motifs is 1.